The SMILES string of the molecule is COc1ccc(-c2noc(CN(C(=O)COc3ccc(C)cc3C)C(C)C)n2)cc1OC. The molecule has 1 amide bonds. The molecule has 8 nitrogen and oxygen atoms in total. The van der Waals surface area contributed by atoms with Gasteiger partial charge in [0.25, 0.3) is 5.91 Å². The Morgan fingerprint density at radius 3 is 2.41 bits per heavy atom. The summed E-state index contributed by atoms with van der Waals surface area (Å²) in [6, 6.07) is 11.2. The highest BCUT2D eigenvalue weighted by atomic mass is 16.5. The van der Waals surface area contributed by atoms with Gasteiger partial charge in [-0.2, -0.15) is 4.98 Å². The summed E-state index contributed by atoms with van der Waals surface area (Å²) in [4.78, 5) is 18.9. The van der Waals surface area contributed by atoms with Gasteiger partial charge in [-0.15, -0.1) is 0 Å². The maximum Gasteiger partial charge on any atom is 0.261 e. The number of aryl methyl sites for hydroxylation is 2. The van der Waals surface area contributed by atoms with Gasteiger partial charge in [-0.25, -0.2) is 0 Å². The number of benzene rings is 2. The summed E-state index contributed by atoms with van der Waals surface area (Å²) in [5.41, 5.74) is 2.86. The predicted molar refractivity (Wildman–Crippen MR) is 120 cm³/mol. The van der Waals surface area contributed by atoms with Crippen molar-refractivity contribution in [3.05, 3.63) is 53.4 Å². The lowest BCUT2D eigenvalue weighted by molar-refractivity contribution is -0.136. The van der Waals surface area contributed by atoms with Crippen molar-refractivity contribution >= 4 is 5.91 Å². The van der Waals surface area contributed by atoms with Gasteiger partial charge in [-0.1, -0.05) is 22.9 Å². The lowest BCUT2D eigenvalue weighted by atomic mass is 10.1. The maximum atomic E-state index is 12.9. The van der Waals surface area contributed by atoms with Crippen LogP contribution in [0.25, 0.3) is 11.4 Å². The zero-order chi connectivity index (χ0) is 23.3. The molecule has 0 saturated carbocycles. The van der Waals surface area contributed by atoms with Crippen molar-refractivity contribution in [1.82, 2.24) is 15.0 Å². The number of aromatic nitrogens is 2. The Morgan fingerprint density at radius 2 is 1.75 bits per heavy atom. The molecule has 0 aliphatic rings. The quantitative estimate of drug-likeness (QED) is 0.494. The first-order valence-corrected chi connectivity index (χ1v) is 10.4. The van der Waals surface area contributed by atoms with Crippen LogP contribution >= 0.6 is 0 Å². The van der Waals surface area contributed by atoms with Crippen LogP contribution in [0.15, 0.2) is 40.9 Å². The van der Waals surface area contributed by atoms with E-state index in [1.165, 1.54) is 0 Å². The van der Waals surface area contributed by atoms with E-state index in [1.54, 1.807) is 31.3 Å². The van der Waals surface area contributed by atoms with Crippen LogP contribution in [0.1, 0.15) is 30.9 Å². The molecule has 3 rings (SSSR count). The average Bonchev–Trinajstić information content (AvgIpc) is 3.24. The van der Waals surface area contributed by atoms with Gasteiger partial charge in [0.05, 0.1) is 14.2 Å². The van der Waals surface area contributed by atoms with E-state index in [-0.39, 0.29) is 25.1 Å². The third kappa shape index (κ3) is 5.38. The number of rotatable bonds is 9. The smallest absolute Gasteiger partial charge is 0.261 e. The number of ether oxygens (including phenoxy) is 3. The van der Waals surface area contributed by atoms with Crippen molar-refractivity contribution < 1.29 is 23.5 Å². The van der Waals surface area contributed by atoms with E-state index in [1.807, 2.05) is 52.0 Å². The summed E-state index contributed by atoms with van der Waals surface area (Å²) < 4.78 is 21.8. The molecule has 32 heavy (non-hydrogen) atoms. The molecule has 170 valence electrons. The average molecular weight is 440 g/mol. The Morgan fingerprint density at radius 1 is 1.03 bits per heavy atom. The second kappa shape index (κ2) is 10.2. The van der Waals surface area contributed by atoms with E-state index < -0.39 is 0 Å². The minimum atomic E-state index is -0.161. The second-order valence-corrected chi connectivity index (χ2v) is 7.75. The lowest BCUT2D eigenvalue weighted by Crippen LogP contribution is -2.39. The van der Waals surface area contributed by atoms with Crippen molar-refractivity contribution in [2.45, 2.75) is 40.3 Å². The van der Waals surface area contributed by atoms with Gasteiger partial charge >= 0.3 is 0 Å². The Hall–Kier alpha value is -3.55. The molecule has 3 aromatic rings. The molecule has 0 radical (unpaired) electrons. The first-order chi connectivity index (χ1) is 15.3. The highest BCUT2D eigenvalue weighted by molar-refractivity contribution is 5.78. The normalized spacial score (nSPS) is 10.8. The molecule has 0 unspecified atom stereocenters. The van der Waals surface area contributed by atoms with Crippen LogP contribution in [0.4, 0.5) is 0 Å². The van der Waals surface area contributed by atoms with Crippen LogP contribution in [0.5, 0.6) is 17.2 Å². The number of amides is 1. The van der Waals surface area contributed by atoms with Crippen LogP contribution in [-0.2, 0) is 11.3 Å². The fourth-order valence-electron chi connectivity index (χ4n) is 3.30. The summed E-state index contributed by atoms with van der Waals surface area (Å²) in [7, 11) is 3.14. The van der Waals surface area contributed by atoms with Gasteiger partial charge in [0.2, 0.25) is 11.7 Å². The Labute approximate surface area is 188 Å². The monoisotopic (exact) mass is 439 g/mol. The Bertz CT molecular complexity index is 1080. The van der Waals surface area contributed by atoms with Crippen LogP contribution in [0.3, 0.4) is 0 Å². The number of methoxy groups -OCH3 is 2. The fraction of sp³-hybridized carbons (Fsp3) is 0.375. The Kier molecular flexibility index (Phi) is 7.35. The number of carbonyl (C=O) groups excluding carboxylic acids is 1. The summed E-state index contributed by atoms with van der Waals surface area (Å²) in [5, 5.41) is 4.05. The Balaban J connectivity index is 1.70. The van der Waals surface area contributed by atoms with Crippen LogP contribution < -0.4 is 14.2 Å². The molecule has 0 spiro atoms. The van der Waals surface area contributed by atoms with Gasteiger partial charge < -0.3 is 23.6 Å². The molecule has 1 heterocycles. The maximum absolute atomic E-state index is 12.9. The number of nitrogens with zero attached hydrogens (tertiary/aromatic N) is 3. The van der Waals surface area contributed by atoms with Crippen molar-refractivity contribution in [1.29, 1.82) is 0 Å². The van der Waals surface area contributed by atoms with Crippen LogP contribution in [0, 0.1) is 13.8 Å². The molecule has 0 aliphatic heterocycles. The molecule has 0 bridgehead atoms. The molecule has 1 aromatic heterocycles. The summed E-state index contributed by atoms with van der Waals surface area (Å²) in [6.07, 6.45) is 0. The third-order valence-electron chi connectivity index (χ3n) is 5.04. The van der Waals surface area contributed by atoms with Crippen molar-refractivity contribution in [3.8, 4) is 28.6 Å². The number of carbonyl (C=O) groups is 1. The first kappa shape index (κ1) is 23.1. The topological polar surface area (TPSA) is 86.9 Å². The number of hydrogen-bond acceptors (Lipinski definition) is 7. The molecule has 0 fully saturated rings. The van der Waals surface area contributed by atoms with Gasteiger partial charge in [0.1, 0.15) is 12.3 Å². The van der Waals surface area contributed by atoms with E-state index in [4.69, 9.17) is 18.7 Å². The van der Waals surface area contributed by atoms with Gasteiger partial charge in [-0.3, -0.25) is 4.79 Å². The number of hydrogen-bond donors (Lipinski definition) is 0. The van der Waals surface area contributed by atoms with E-state index in [0.717, 1.165) is 16.7 Å². The third-order valence-corrected chi connectivity index (χ3v) is 5.04. The van der Waals surface area contributed by atoms with E-state index >= 15 is 0 Å². The lowest BCUT2D eigenvalue weighted by Gasteiger charge is -2.25. The zero-order valence-electron chi connectivity index (χ0n) is 19.3. The largest absolute Gasteiger partial charge is 0.493 e. The zero-order valence-corrected chi connectivity index (χ0v) is 19.3. The predicted octanol–water partition coefficient (Wildman–Crippen LogP) is 4.19. The molecule has 0 atom stereocenters. The van der Waals surface area contributed by atoms with Crippen molar-refractivity contribution in [2.75, 3.05) is 20.8 Å². The molecular weight excluding hydrogens is 410 g/mol. The standard InChI is InChI=1S/C24H29N3O5/c1-15(2)27(23(28)14-31-19-9-7-16(3)11-17(19)4)13-22-25-24(26-32-22)18-8-10-20(29-5)21(12-18)30-6/h7-12,15H,13-14H2,1-6H3. The fourth-order valence-corrected chi connectivity index (χ4v) is 3.30. The highest BCUT2D eigenvalue weighted by Gasteiger charge is 2.22. The van der Waals surface area contributed by atoms with Crippen molar-refractivity contribution in [2.24, 2.45) is 0 Å². The first-order valence-electron chi connectivity index (χ1n) is 10.4. The minimum Gasteiger partial charge on any atom is -0.493 e. The van der Waals surface area contributed by atoms with E-state index in [2.05, 4.69) is 10.1 Å². The minimum absolute atomic E-state index is 0.0679. The summed E-state index contributed by atoms with van der Waals surface area (Å²) in [6.45, 7) is 7.96. The molecule has 8 heteroatoms. The molecule has 0 N–H and O–H groups in total. The van der Waals surface area contributed by atoms with Gasteiger partial charge in [0, 0.05) is 11.6 Å². The van der Waals surface area contributed by atoms with E-state index in [9.17, 15) is 4.79 Å². The van der Waals surface area contributed by atoms with Crippen molar-refractivity contribution in [3.63, 3.8) is 0 Å². The molecular formula is C24H29N3O5. The summed E-state index contributed by atoms with van der Waals surface area (Å²) in [5.74, 6) is 2.46. The van der Waals surface area contributed by atoms with Crippen LogP contribution in [-0.4, -0.2) is 47.8 Å². The van der Waals surface area contributed by atoms with Gasteiger partial charge in [0.15, 0.2) is 18.1 Å². The molecule has 0 saturated heterocycles. The van der Waals surface area contributed by atoms with Crippen LogP contribution in [0.2, 0.25) is 0 Å². The molecule has 0 aliphatic carbocycles. The molecule has 2 aromatic carbocycles. The summed E-state index contributed by atoms with van der Waals surface area (Å²) >= 11 is 0. The second-order valence-electron chi connectivity index (χ2n) is 7.75. The van der Waals surface area contributed by atoms with Gasteiger partial charge in [-0.05, 0) is 57.5 Å². The van der Waals surface area contributed by atoms with E-state index in [0.29, 0.717) is 29.0 Å². The highest BCUT2D eigenvalue weighted by Crippen LogP contribution is 2.31.